The van der Waals surface area contributed by atoms with E-state index in [1.807, 2.05) is 24.0 Å². The van der Waals surface area contributed by atoms with Crippen LogP contribution in [0.4, 0.5) is 23.1 Å². The number of carbonyl (C=O) groups is 3. The number of fused-ring (bicyclic) bond motifs is 1. The number of aromatic nitrogens is 2. The Hall–Kier alpha value is -3.69. The summed E-state index contributed by atoms with van der Waals surface area (Å²) in [6.07, 6.45) is 8.34. The summed E-state index contributed by atoms with van der Waals surface area (Å²) in [6.45, 7) is 5.54. The van der Waals surface area contributed by atoms with Gasteiger partial charge in [-0.15, -0.1) is 0 Å². The van der Waals surface area contributed by atoms with Gasteiger partial charge in [0.15, 0.2) is 5.82 Å². The molecule has 1 saturated carbocycles. The first-order valence-electron chi connectivity index (χ1n) is 13.6. The smallest absolute Gasteiger partial charge is 0.251 e. The lowest BCUT2D eigenvalue weighted by molar-refractivity contribution is -0.129. The van der Waals surface area contributed by atoms with Crippen LogP contribution >= 0.6 is 0 Å². The maximum absolute atomic E-state index is 12.9. The number of piperidine rings is 1. The monoisotopic (exact) mass is 519 g/mol. The molecule has 1 saturated heterocycles. The van der Waals surface area contributed by atoms with E-state index < -0.39 is 0 Å². The fourth-order valence-corrected chi connectivity index (χ4v) is 5.74. The summed E-state index contributed by atoms with van der Waals surface area (Å²) in [5, 5.41) is 6.43. The fourth-order valence-electron chi connectivity index (χ4n) is 5.74. The Morgan fingerprint density at radius 1 is 1.05 bits per heavy atom. The first kappa shape index (κ1) is 25.9. The quantitative estimate of drug-likeness (QED) is 0.623. The lowest BCUT2D eigenvalue weighted by Gasteiger charge is -2.31. The van der Waals surface area contributed by atoms with Crippen LogP contribution in [0.15, 0.2) is 24.4 Å². The average Bonchev–Trinajstić information content (AvgIpc) is 3.41. The van der Waals surface area contributed by atoms with E-state index in [2.05, 4.69) is 20.5 Å². The van der Waals surface area contributed by atoms with Crippen molar-refractivity contribution in [2.24, 2.45) is 0 Å². The minimum absolute atomic E-state index is 0.0667. The van der Waals surface area contributed by atoms with Crippen molar-refractivity contribution in [3.05, 3.63) is 35.5 Å². The second-order valence-electron chi connectivity index (χ2n) is 10.6. The molecule has 5 rings (SSSR count). The Kier molecular flexibility index (Phi) is 7.49. The molecule has 1 aromatic heterocycles. The topological polar surface area (TPSA) is 111 Å². The van der Waals surface area contributed by atoms with Gasteiger partial charge in [-0.3, -0.25) is 14.4 Å². The van der Waals surface area contributed by atoms with Gasteiger partial charge in [-0.05, 0) is 56.4 Å². The van der Waals surface area contributed by atoms with Gasteiger partial charge in [0.1, 0.15) is 5.69 Å². The molecule has 0 bridgehead atoms. The van der Waals surface area contributed by atoms with E-state index in [0.717, 1.165) is 48.4 Å². The van der Waals surface area contributed by atoms with Crippen molar-refractivity contribution in [1.29, 1.82) is 0 Å². The van der Waals surface area contributed by atoms with E-state index in [0.29, 0.717) is 43.6 Å². The third-order valence-electron chi connectivity index (χ3n) is 8.10. The fraction of sp³-hybridized carbons (Fsp3) is 0.536. The molecule has 0 unspecified atom stereocenters. The Morgan fingerprint density at radius 2 is 1.79 bits per heavy atom. The van der Waals surface area contributed by atoms with Crippen LogP contribution in [0.1, 0.15) is 67.8 Å². The maximum Gasteiger partial charge on any atom is 0.251 e. The van der Waals surface area contributed by atoms with Crippen molar-refractivity contribution in [1.82, 2.24) is 20.2 Å². The van der Waals surface area contributed by atoms with E-state index >= 15 is 0 Å². The molecule has 0 atom stereocenters. The Morgan fingerprint density at radius 3 is 2.47 bits per heavy atom. The molecule has 10 nitrogen and oxygen atoms in total. The van der Waals surface area contributed by atoms with Crippen molar-refractivity contribution in [3.63, 3.8) is 0 Å². The predicted molar refractivity (Wildman–Crippen MR) is 147 cm³/mol. The molecule has 202 valence electrons. The minimum Gasteiger partial charge on any atom is -0.351 e. The third-order valence-corrected chi connectivity index (χ3v) is 8.10. The van der Waals surface area contributed by atoms with Gasteiger partial charge in [-0.1, -0.05) is 12.8 Å². The van der Waals surface area contributed by atoms with Crippen LogP contribution in [-0.2, 0) is 9.59 Å². The molecular formula is C28H37N7O3. The minimum atomic E-state index is -0.109. The summed E-state index contributed by atoms with van der Waals surface area (Å²) in [6, 6.07) is 6.00. The van der Waals surface area contributed by atoms with Gasteiger partial charge in [-0.2, -0.15) is 4.98 Å². The van der Waals surface area contributed by atoms with Crippen LogP contribution in [0.2, 0.25) is 0 Å². The standard InChI is InChI=1S/C28H37N7O3/c1-18-16-20(27(38)30-21-10-13-34(14-11-21)19(2)36)8-9-23(18)31-28-29-17-24-26(32-28)35(22-6-4-5-7-22)15-12-25(37)33(24)3/h8-9,16-17,21-22H,4-7,10-15H2,1-3H3,(H,30,38)(H,29,31,32). The molecule has 2 fully saturated rings. The van der Waals surface area contributed by atoms with Gasteiger partial charge < -0.3 is 25.3 Å². The largest absolute Gasteiger partial charge is 0.351 e. The average molecular weight is 520 g/mol. The summed E-state index contributed by atoms with van der Waals surface area (Å²) in [5.41, 5.74) is 3.06. The SMILES string of the molecule is CC(=O)N1CCC(NC(=O)c2ccc(Nc3ncc4c(n3)N(C3CCCC3)CCC(=O)N4C)c(C)c2)CC1. The maximum atomic E-state index is 12.9. The van der Waals surface area contributed by atoms with Crippen LogP contribution < -0.4 is 20.4 Å². The van der Waals surface area contributed by atoms with Gasteiger partial charge in [0.2, 0.25) is 17.8 Å². The number of aryl methyl sites for hydroxylation is 1. The zero-order valence-corrected chi connectivity index (χ0v) is 22.5. The van der Waals surface area contributed by atoms with Crippen LogP contribution in [0, 0.1) is 6.92 Å². The lowest BCUT2D eigenvalue weighted by Crippen LogP contribution is -2.46. The van der Waals surface area contributed by atoms with E-state index in [-0.39, 0.29) is 23.8 Å². The van der Waals surface area contributed by atoms with Crippen LogP contribution in [0.25, 0.3) is 0 Å². The molecule has 1 aromatic carbocycles. The lowest BCUT2D eigenvalue weighted by atomic mass is 10.0. The molecule has 0 spiro atoms. The van der Waals surface area contributed by atoms with Gasteiger partial charge in [0.05, 0.1) is 6.20 Å². The second-order valence-corrected chi connectivity index (χ2v) is 10.6. The third kappa shape index (κ3) is 5.44. The number of amides is 3. The van der Waals surface area contributed by atoms with Crippen molar-refractivity contribution >= 4 is 40.9 Å². The molecule has 3 heterocycles. The first-order valence-corrected chi connectivity index (χ1v) is 13.6. The number of nitrogens with zero attached hydrogens (tertiary/aromatic N) is 5. The molecule has 2 aromatic rings. The van der Waals surface area contributed by atoms with E-state index in [1.165, 1.54) is 12.8 Å². The number of likely N-dealkylation sites (tertiary alicyclic amines) is 1. The van der Waals surface area contributed by atoms with Crippen LogP contribution in [-0.4, -0.2) is 71.4 Å². The summed E-state index contributed by atoms with van der Waals surface area (Å²) in [7, 11) is 1.79. The molecule has 2 aliphatic heterocycles. The summed E-state index contributed by atoms with van der Waals surface area (Å²) in [4.78, 5) is 52.2. The molecule has 1 aliphatic carbocycles. The highest BCUT2D eigenvalue weighted by Crippen LogP contribution is 2.36. The van der Waals surface area contributed by atoms with Crippen molar-refractivity contribution < 1.29 is 14.4 Å². The highest BCUT2D eigenvalue weighted by Gasteiger charge is 2.31. The highest BCUT2D eigenvalue weighted by molar-refractivity contribution is 5.97. The van der Waals surface area contributed by atoms with Crippen molar-refractivity contribution in [2.45, 2.75) is 70.9 Å². The number of rotatable bonds is 5. The van der Waals surface area contributed by atoms with E-state index in [1.54, 1.807) is 31.1 Å². The van der Waals surface area contributed by atoms with Crippen molar-refractivity contribution in [2.75, 3.05) is 41.8 Å². The molecule has 10 heteroatoms. The molecule has 2 N–H and O–H groups in total. The molecule has 3 aliphatic rings. The highest BCUT2D eigenvalue weighted by atomic mass is 16.2. The number of hydrogen-bond acceptors (Lipinski definition) is 7. The Balaban J connectivity index is 1.30. The van der Waals surface area contributed by atoms with Crippen molar-refractivity contribution in [3.8, 4) is 0 Å². The Labute approximate surface area is 223 Å². The normalized spacial score (nSPS) is 18.8. The van der Waals surface area contributed by atoms with Gasteiger partial charge in [0, 0.05) is 63.4 Å². The molecular weight excluding hydrogens is 482 g/mol. The Bertz CT molecular complexity index is 1220. The second kappa shape index (κ2) is 11.0. The van der Waals surface area contributed by atoms with E-state index in [9.17, 15) is 14.4 Å². The van der Waals surface area contributed by atoms with Gasteiger partial charge in [0.25, 0.3) is 5.91 Å². The molecule has 3 amide bonds. The number of anilines is 4. The number of nitrogens with one attached hydrogen (secondary N) is 2. The van der Waals surface area contributed by atoms with E-state index in [4.69, 9.17) is 4.98 Å². The molecule has 38 heavy (non-hydrogen) atoms. The number of carbonyl (C=O) groups excluding carboxylic acids is 3. The zero-order valence-electron chi connectivity index (χ0n) is 22.5. The summed E-state index contributed by atoms with van der Waals surface area (Å²) in [5.74, 6) is 1.31. The molecule has 0 radical (unpaired) electrons. The predicted octanol–water partition coefficient (Wildman–Crippen LogP) is 3.38. The van der Waals surface area contributed by atoms with Gasteiger partial charge in [-0.25, -0.2) is 4.98 Å². The number of benzene rings is 1. The van der Waals surface area contributed by atoms with Crippen LogP contribution in [0.3, 0.4) is 0 Å². The number of hydrogen-bond donors (Lipinski definition) is 2. The summed E-state index contributed by atoms with van der Waals surface area (Å²) < 4.78 is 0. The van der Waals surface area contributed by atoms with Crippen LogP contribution in [0.5, 0.6) is 0 Å². The zero-order chi connectivity index (χ0) is 26.8. The summed E-state index contributed by atoms with van der Waals surface area (Å²) >= 11 is 0. The first-order chi connectivity index (χ1) is 18.3. The van der Waals surface area contributed by atoms with Gasteiger partial charge >= 0.3 is 0 Å².